The summed E-state index contributed by atoms with van der Waals surface area (Å²) in [5.41, 5.74) is 5.98. The summed E-state index contributed by atoms with van der Waals surface area (Å²) >= 11 is 0. The lowest BCUT2D eigenvalue weighted by atomic mass is 9.75. The van der Waals surface area contributed by atoms with Gasteiger partial charge in [-0.2, -0.15) is 0 Å². The average molecular weight is 227 g/mol. The molecule has 0 aliphatic heterocycles. The van der Waals surface area contributed by atoms with Crippen molar-refractivity contribution in [1.29, 1.82) is 0 Å². The van der Waals surface area contributed by atoms with Gasteiger partial charge in [0.15, 0.2) is 0 Å². The van der Waals surface area contributed by atoms with Crippen LogP contribution in [0.5, 0.6) is 0 Å². The molecule has 0 spiro atoms. The van der Waals surface area contributed by atoms with Crippen LogP contribution in [-0.2, 0) is 9.53 Å². The standard InChI is InChI=1S/C13H25NO2/c1-3-5-6-10-9-11(14)7-8-12(10)13(15)16-4-2/h10-12H,3-9,14H2,1-2H3/t10-,11+,12-/m1/s1. The van der Waals surface area contributed by atoms with E-state index in [-0.39, 0.29) is 17.9 Å². The highest BCUT2D eigenvalue weighted by Crippen LogP contribution is 2.33. The molecule has 94 valence electrons. The van der Waals surface area contributed by atoms with Crippen LogP contribution in [0.4, 0.5) is 0 Å². The molecule has 1 aliphatic carbocycles. The highest BCUT2D eigenvalue weighted by Gasteiger charge is 2.34. The number of hydrogen-bond acceptors (Lipinski definition) is 3. The Labute approximate surface area is 98.7 Å². The van der Waals surface area contributed by atoms with Gasteiger partial charge in [-0.3, -0.25) is 4.79 Å². The maximum absolute atomic E-state index is 11.8. The van der Waals surface area contributed by atoms with Crippen molar-refractivity contribution in [3.63, 3.8) is 0 Å². The normalized spacial score (nSPS) is 30.1. The van der Waals surface area contributed by atoms with Crippen LogP contribution in [-0.4, -0.2) is 18.6 Å². The molecule has 0 bridgehead atoms. The van der Waals surface area contributed by atoms with Crippen LogP contribution < -0.4 is 5.73 Å². The second-order valence-corrected chi connectivity index (χ2v) is 4.83. The van der Waals surface area contributed by atoms with E-state index in [9.17, 15) is 4.79 Å². The van der Waals surface area contributed by atoms with E-state index >= 15 is 0 Å². The first kappa shape index (κ1) is 13.5. The van der Waals surface area contributed by atoms with Crippen molar-refractivity contribution in [3.8, 4) is 0 Å². The van der Waals surface area contributed by atoms with Crippen LogP contribution in [0.15, 0.2) is 0 Å². The average Bonchev–Trinajstić information content (AvgIpc) is 2.26. The largest absolute Gasteiger partial charge is 0.466 e. The fourth-order valence-corrected chi connectivity index (χ4v) is 2.65. The Balaban J connectivity index is 2.53. The minimum Gasteiger partial charge on any atom is -0.466 e. The van der Waals surface area contributed by atoms with E-state index in [1.807, 2.05) is 6.92 Å². The molecule has 0 amide bonds. The second-order valence-electron chi connectivity index (χ2n) is 4.83. The predicted octanol–water partition coefficient (Wildman–Crippen LogP) is 2.48. The van der Waals surface area contributed by atoms with Gasteiger partial charge >= 0.3 is 5.97 Å². The zero-order chi connectivity index (χ0) is 12.0. The second kappa shape index (κ2) is 6.89. The topological polar surface area (TPSA) is 52.3 Å². The minimum absolute atomic E-state index is 0.00416. The summed E-state index contributed by atoms with van der Waals surface area (Å²) in [6.07, 6.45) is 6.35. The molecule has 1 aliphatic rings. The third-order valence-electron chi connectivity index (χ3n) is 3.54. The van der Waals surface area contributed by atoms with E-state index < -0.39 is 0 Å². The number of rotatable bonds is 5. The zero-order valence-corrected chi connectivity index (χ0v) is 10.6. The van der Waals surface area contributed by atoms with E-state index in [1.54, 1.807) is 0 Å². The molecule has 1 fully saturated rings. The highest BCUT2D eigenvalue weighted by molar-refractivity contribution is 5.72. The number of unbranched alkanes of at least 4 members (excludes halogenated alkanes) is 1. The maximum Gasteiger partial charge on any atom is 0.309 e. The summed E-state index contributed by atoms with van der Waals surface area (Å²) in [4.78, 5) is 11.8. The first-order chi connectivity index (χ1) is 7.69. The van der Waals surface area contributed by atoms with Crippen molar-refractivity contribution >= 4 is 5.97 Å². The van der Waals surface area contributed by atoms with Crippen LogP contribution in [0, 0.1) is 11.8 Å². The van der Waals surface area contributed by atoms with Gasteiger partial charge < -0.3 is 10.5 Å². The number of carbonyl (C=O) groups excluding carboxylic acids is 1. The lowest BCUT2D eigenvalue weighted by Crippen LogP contribution is -2.37. The van der Waals surface area contributed by atoms with E-state index in [2.05, 4.69) is 6.92 Å². The van der Waals surface area contributed by atoms with Crippen molar-refractivity contribution in [1.82, 2.24) is 0 Å². The molecule has 3 heteroatoms. The SMILES string of the molecule is CCCC[C@@H]1C[C@@H](N)CC[C@H]1C(=O)OCC. The molecule has 0 aromatic rings. The van der Waals surface area contributed by atoms with Crippen LogP contribution in [0.25, 0.3) is 0 Å². The van der Waals surface area contributed by atoms with Gasteiger partial charge in [-0.1, -0.05) is 19.8 Å². The molecule has 2 N–H and O–H groups in total. The van der Waals surface area contributed by atoms with Crippen LogP contribution in [0.3, 0.4) is 0 Å². The predicted molar refractivity (Wildman–Crippen MR) is 65.0 cm³/mol. The Morgan fingerprint density at radius 2 is 2.12 bits per heavy atom. The summed E-state index contributed by atoms with van der Waals surface area (Å²) in [5, 5.41) is 0. The van der Waals surface area contributed by atoms with Crippen molar-refractivity contribution in [2.24, 2.45) is 17.6 Å². The third kappa shape index (κ3) is 3.78. The molecule has 0 saturated heterocycles. The minimum atomic E-state index is -0.00416. The molecule has 1 saturated carbocycles. The van der Waals surface area contributed by atoms with Crippen molar-refractivity contribution in [3.05, 3.63) is 0 Å². The van der Waals surface area contributed by atoms with Gasteiger partial charge in [0.1, 0.15) is 0 Å². The third-order valence-corrected chi connectivity index (χ3v) is 3.54. The molecule has 0 heterocycles. The van der Waals surface area contributed by atoms with Gasteiger partial charge in [-0.05, 0) is 38.5 Å². The van der Waals surface area contributed by atoms with Gasteiger partial charge in [0.25, 0.3) is 0 Å². The van der Waals surface area contributed by atoms with Crippen LogP contribution in [0.2, 0.25) is 0 Å². The lowest BCUT2D eigenvalue weighted by molar-refractivity contribution is -0.151. The van der Waals surface area contributed by atoms with Gasteiger partial charge in [-0.15, -0.1) is 0 Å². The number of esters is 1. The quantitative estimate of drug-likeness (QED) is 0.734. The Morgan fingerprint density at radius 1 is 1.38 bits per heavy atom. The summed E-state index contributed by atoms with van der Waals surface area (Å²) in [6, 6.07) is 0.285. The highest BCUT2D eigenvalue weighted by atomic mass is 16.5. The molecule has 0 aromatic carbocycles. The Bertz CT molecular complexity index is 218. The fourth-order valence-electron chi connectivity index (χ4n) is 2.65. The number of nitrogens with two attached hydrogens (primary N) is 1. The first-order valence-electron chi connectivity index (χ1n) is 6.61. The maximum atomic E-state index is 11.8. The number of hydrogen-bond donors (Lipinski definition) is 1. The van der Waals surface area contributed by atoms with Gasteiger partial charge in [0.05, 0.1) is 12.5 Å². The number of carbonyl (C=O) groups is 1. The molecular formula is C13H25NO2. The molecular weight excluding hydrogens is 202 g/mol. The molecule has 0 radical (unpaired) electrons. The van der Waals surface area contributed by atoms with Crippen molar-refractivity contribution < 1.29 is 9.53 Å². The molecule has 3 atom stereocenters. The van der Waals surface area contributed by atoms with Crippen molar-refractivity contribution in [2.75, 3.05) is 6.61 Å². The Hall–Kier alpha value is -0.570. The Morgan fingerprint density at radius 3 is 2.75 bits per heavy atom. The fraction of sp³-hybridized carbons (Fsp3) is 0.923. The van der Waals surface area contributed by atoms with Crippen LogP contribution >= 0.6 is 0 Å². The van der Waals surface area contributed by atoms with E-state index in [0.717, 1.165) is 25.7 Å². The first-order valence-corrected chi connectivity index (χ1v) is 6.61. The molecule has 16 heavy (non-hydrogen) atoms. The summed E-state index contributed by atoms with van der Waals surface area (Å²) in [6.45, 7) is 4.54. The molecule has 1 rings (SSSR count). The van der Waals surface area contributed by atoms with Gasteiger partial charge in [0, 0.05) is 6.04 Å². The Kier molecular flexibility index (Phi) is 5.81. The van der Waals surface area contributed by atoms with Crippen molar-refractivity contribution in [2.45, 2.75) is 58.4 Å². The summed E-state index contributed by atoms with van der Waals surface area (Å²) in [7, 11) is 0. The zero-order valence-electron chi connectivity index (χ0n) is 10.6. The summed E-state index contributed by atoms with van der Waals surface area (Å²) in [5.74, 6) is 0.546. The van der Waals surface area contributed by atoms with E-state index in [0.29, 0.717) is 12.5 Å². The molecule has 3 nitrogen and oxygen atoms in total. The lowest BCUT2D eigenvalue weighted by Gasteiger charge is -2.33. The molecule has 0 unspecified atom stereocenters. The van der Waals surface area contributed by atoms with Gasteiger partial charge in [-0.25, -0.2) is 0 Å². The van der Waals surface area contributed by atoms with Gasteiger partial charge in [0.2, 0.25) is 0 Å². The van der Waals surface area contributed by atoms with E-state index in [4.69, 9.17) is 10.5 Å². The van der Waals surface area contributed by atoms with Crippen LogP contribution in [0.1, 0.15) is 52.4 Å². The molecule has 0 aromatic heterocycles. The smallest absolute Gasteiger partial charge is 0.309 e. The monoisotopic (exact) mass is 227 g/mol. The van der Waals surface area contributed by atoms with E-state index in [1.165, 1.54) is 12.8 Å². The summed E-state index contributed by atoms with van der Waals surface area (Å²) < 4.78 is 5.15. The number of ether oxygens (including phenoxy) is 1.